The van der Waals surface area contributed by atoms with Crippen LogP contribution in [0.1, 0.15) is 34.3 Å². The third-order valence-electron chi connectivity index (χ3n) is 4.89. The molecule has 1 unspecified atom stereocenters. The lowest BCUT2D eigenvalue weighted by Crippen LogP contribution is -2.34. The molecule has 6 nitrogen and oxygen atoms in total. The van der Waals surface area contributed by atoms with Gasteiger partial charge in [0.2, 0.25) is 0 Å². The Kier molecular flexibility index (Phi) is 4.35. The van der Waals surface area contributed by atoms with Gasteiger partial charge in [0.1, 0.15) is 5.82 Å². The number of nitrogens with zero attached hydrogens (tertiary/aromatic N) is 2. The zero-order chi connectivity index (χ0) is 19.0. The first-order valence-electron chi connectivity index (χ1n) is 8.75. The van der Waals surface area contributed by atoms with Crippen molar-refractivity contribution in [2.45, 2.75) is 19.3 Å². The SMILES string of the molecule is CC1CN(C(=O)c2cccc(-c3noc(=O)[nH]3)c2)CCc2ccc(F)cc21. The Bertz CT molecular complexity index is 1060. The number of carbonyl (C=O) groups excluding carboxylic acids is 1. The molecule has 1 aliphatic heterocycles. The molecule has 0 saturated carbocycles. The summed E-state index contributed by atoms with van der Waals surface area (Å²) < 4.78 is 18.1. The number of rotatable bonds is 2. The van der Waals surface area contributed by atoms with Gasteiger partial charge in [-0.05, 0) is 47.7 Å². The first-order valence-corrected chi connectivity index (χ1v) is 8.75. The highest BCUT2D eigenvalue weighted by Crippen LogP contribution is 2.27. The standard InChI is InChI=1S/C20H18FN3O3/c1-12-11-24(8-7-13-5-6-16(21)10-17(12)13)19(25)15-4-2-3-14(9-15)18-22-20(26)27-23-18/h2-6,9-10,12H,7-8,11H2,1H3,(H,22,23,26). The van der Waals surface area contributed by atoms with Crippen LogP contribution in [-0.4, -0.2) is 34.0 Å². The molecule has 2 aromatic carbocycles. The van der Waals surface area contributed by atoms with Crippen molar-refractivity contribution >= 4 is 5.91 Å². The van der Waals surface area contributed by atoms with Crippen LogP contribution in [0.2, 0.25) is 0 Å². The number of aromatic nitrogens is 2. The maximum absolute atomic E-state index is 13.6. The Hall–Kier alpha value is -3.22. The van der Waals surface area contributed by atoms with Gasteiger partial charge in [-0.1, -0.05) is 30.3 Å². The molecular formula is C20H18FN3O3. The van der Waals surface area contributed by atoms with Crippen molar-refractivity contribution in [3.05, 3.63) is 75.5 Å². The predicted octanol–water partition coefficient (Wildman–Crippen LogP) is 2.97. The van der Waals surface area contributed by atoms with Crippen molar-refractivity contribution in [1.29, 1.82) is 0 Å². The minimum Gasteiger partial charge on any atom is -0.338 e. The van der Waals surface area contributed by atoms with E-state index in [4.69, 9.17) is 0 Å². The molecule has 0 bridgehead atoms. The Morgan fingerprint density at radius 1 is 1.30 bits per heavy atom. The molecule has 4 rings (SSSR count). The lowest BCUT2D eigenvalue weighted by Gasteiger charge is -2.23. The van der Waals surface area contributed by atoms with Gasteiger partial charge in [-0.25, -0.2) is 9.18 Å². The van der Waals surface area contributed by atoms with Gasteiger partial charge in [-0.2, -0.15) is 0 Å². The van der Waals surface area contributed by atoms with Crippen LogP contribution in [0.15, 0.2) is 51.8 Å². The molecule has 0 fully saturated rings. The van der Waals surface area contributed by atoms with Crippen LogP contribution in [0.5, 0.6) is 0 Å². The van der Waals surface area contributed by atoms with E-state index in [1.54, 1.807) is 41.3 Å². The number of aromatic amines is 1. The largest absolute Gasteiger partial charge is 0.439 e. The fourth-order valence-corrected chi connectivity index (χ4v) is 3.55. The molecule has 138 valence electrons. The van der Waals surface area contributed by atoms with Crippen molar-refractivity contribution in [3.63, 3.8) is 0 Å². The summed E-state index contributed by atoms with van der Waals surface area (Å²) >= 11 is 0. The number of nitrogens with one attached hydrogen (secondary N) is 1. The number of H-pyrrole nitrogens is 1. The lowest BCUT2D eigenvalue weighted by molar-refractivity contribution is 0.0754. The van der Waals surface area contributed by atoms with E-state index in [1.807, 2.05) is 6.92 Å². The molecule has 27 heavy (non-hydrogen) atoms. The van der Waals surface area contributed by atoms with Crippen molar-refractivity contribution in [1.82, 2.24) is 15.0 Å². The highest BCUT2D eigenvalue weighted by Gasteiger charge is 2.24. The molecule has 1 atom stereocenters. The van der Waals surface area contributed by atoms with Crippen molar-refractivity contribution in [2.75, 3.05) is 13.1 Å². The summed E-state index contributed by atoms with van der Waals surface area (Å²) in [5, 5.41) is 3.66. The average molecular weight is 367 g/mol. The van der Waals surface area contributed by atoms with Crippen LogP contribution in [0.4, 0.5) is 4.39 Å². The van der Waals surface area contributed by atoms with Gasteiger partial charge >= 0.3 is 5.76 Å². The highest BCUT2D eigenvalue weighted by atomic mass is 19.1. The normalized spacial score (nSPS) is 16.7. The number of fused-ring (bicyclic) bond motifs is 1. The van der Waals surface area contributed by atoms with E-state index in [9.17, 15) is 14.0 Å². The van der Waals surface area contributed by atoms with E-state index in [0.717, 1.165) is 11.1 Å². The van der Waals surface area contributed by atoms with E-state index in [2.05, 4.69) is 14.7 Å². The summed E-state index contributed by atoms with van der Waals surface area (Å²) in [5.74, 6) is -0.690. The van der Waals surface area contributed by atoms with Crippen LogP contribution < -0.4 is 5.76 Å². The first kappa shape index (κ1) is 17.2. The van der Waals surface area contributed by atoms with Crippen LogP contribution in [0.25, 0.3) is 11.4 Å². The maximum Gasteiger partial charge on any atom is 0.439 e. The first-order chi connectivity index (χ1) is 13.0. The van der Waals surface area contributed by atoms with Gasteiger partial charge in [0.05, 0.1) is 0 Å². The number of hydrogen-bond acceptors (Lipinski definition) is 4. The number of halogens is 1. The van der Waals surface area contributed by atoms with E-state index in [-0.39, 0.29) is 23.5 Å². The summed E-state index contributed by atoms with van der Waals surface area (Å²) in [6, 6.07) is 11.7. The topological polar surface area (TPSA) is 79.2 Å². The summed E-state index contributed by atoms with van der Waals surface area (Å²) in [6.07, 6.45) is 0.683. The highest BCUT2D eigenvalue weighted by molar-refractivity contribution is 5.95. The summed E-state index contributed by atoms with van der Waals surface area (Å²) in [7, 11) is 0. The molecule has 0 spiro atoms. The Morgan fingerprint density at radius 2 is 2.15 bits per heavy atom. The lowest BCUT2D eigenvalue weighted by atomic mass is 9.95. The fourth-order valence-electron chi connectivity index (χ4n) is 3.55. The van der Waals surface area contributed by atoms with Crippen molar-refractivity contribution < 1.29 is 13.7 Å². The van der Waals surface area contributed by atoms with Gasteiger partial charge in [-0.15, -0.1) is 0 Å². The third-order valence-corrected chi connectivity index (χ3v) is 4.89. The second-order valence-corrected chi connectivity index (χ2v) is 6.77. The summed E-state index contributed by atoms with van der Waals surface area (Å²) in [6.45, 7) is 3.08. The van der Waals surface area contributed by atoms with Gasteiger partial charge in [0.25, 0.3) is 5.91 Å². The van der Waals surface area contributed by atoms with Crippen LogP contribution in [0.3, 0.4) is 0 Å². The molecule has 1 aliphatic rings. The van der Waals surface area contributed by atoms with Crippen molar-refractivity contribution in [2.24, 2.45) is 0 Å². The quantitative estimate of drug-likeness (QED) is 0.755. The molecule has 7 heteroatoms. The average Bonchev–Trinajstić information content (AvgIpc) is 3.04. The van der Waals surface area contributed by atoms with Gasteiger partial charge in [-0.3, -0.25) is 14.3 Å². The second-order valence-electron chi connectivity index (χ2n) is 6.77. The third kappa shape index (κ3) is 3.40. The Morgan fingerprint density at radius 3 is 2.93 bits per heavy atom. The molecule has 1 amide bonds. The monoisotopic (exact) mass is 367 g/mol. The number of hydrogen-bond donors (Lipinski definition) is 1. The van der Waals surface area contributed by atoms with Crippen molar-refractivity contribution in [3.8, 4) is 11.4 Å². The van der Waals surface area contributed by atoms with E-state index < -0.39 is 5.76 Å². The van der Waals surface area contributed by atoms with E-state index >= 15 is 0 Å². The van der Waals surface area contributed by atoms with Crippen LogP contribution in [0, 0.1) is 5.82 Å². The zero-order valence-electron chi connectivity index (χ0n) is 14.7. The van der Waals surface area contributed by atoms with E-state index in [1.165, 1.54) is 6.07 Å². The number of benzene rings is 2. The van der Waals surface area contributed by atoms with E-state index in [0.29, 0.717) is 30.6 Å². The van der Waals surface area contributed by atoms with Gasteiger partial charge in [0.15, 0.2) is 5.82 Å². The van der Waals surface area contributed by atoms with Crippen LogP contribution >= 0.6 is 0 Å². The summed E-state index contributed by atoms with van der Waals surface area (Å²) in [5.41, 5.74) is 3.13. The maximum atomic E-state index is 13.6. The Balaban J connectivity index is 1.59. The fraction of sp³-hybridized carbons (Fsp3) is 0.250. The second kappa shape index (κ2) is 6.83. The molecular weight excluding hydrogens is 349 g/mol. The molecule has 0 aliphatic carbocycles. The minimum atomic E-state index is -0.645. The predicted molar refractivity (Wildman–Crippen MR) is 97.0 cm³/mol. The zero-order valence-corrected chi connectivity index (χ0v) is 14.7. The van der Waals surface area contributed by atoms with Gasteiger partial charge in [0, 0.05) is 24.2 Å². The Labute approximate surface area is 154 Å². The molecule has 1 N–H and O–H groups in total. The number of amides is 1. The minimum absolute atomic E-state index is 0.0391. The van der Waals surface area contributed by atoms with Crippen LogP contribution in [-0.2, 0) is 6.42 Å². The molecule has 3 aromatic rings. The van der Waals surface area contributed by atoms with Gasteiger partial charge < -0.3 is 4.90 Å². The smallest absolute Gasteiger partial charge is 0.338 e. The molecule has 2 heterocycles. The molecule has 0 saturated heterocycles. The summed E-state index contributed by atoms with van der Waals surface area (Å²) in [4.78, 5) is 28.5. The number of carbonyl (C=O) groups is 1. The molecule has 1 aromatic heterocycles. The molecule has 0 radical (unpaired) electrons.